The quantitative estimate of drug-likeness (QED) is 0.869. The highest BCUT2D eigenvalue weighted by atomic mass is 16.5. The van der Waals surface area contributed by atoms with Gasteiger partial charge in [0.05, 0.1) is 12.7 Å². The van der Waals surface area contributed by atoms with Crippen molar-refractivity contribution in [1.82, 2.24) is 0 Å². The maximum absolute atomic E-state index is 11.7. The standard InChI is InChI=1S/C16H17NO3/c1-17(13-7-9-14(18)10-8-13)11-12-5-3-4-6-15(12)16(19)20-2/h3-10,18H,11H2,1-2H3. The first kappa shape index (κ1) is 13.9. The first-order valence-corrected chi connectivity index (χ1v) is 6.28. The molecule has 2 aromatic carbocycles. The van der Waals surface area contributed by atoms with Crippen LogP contribution in [0.2, 0.25) is 0 Å². The van der Waals surface area contributed by atoms with Crippen LogP contribution in [0.1, 0.15) is 15.9 Å². The highest BCUT2D eigenvalue weighted by Crippen LogP contribution is 2.20. The number of ether oxygens (including phenoxy) is 1. The Morgan fingerprint density at radius 2 is 1.80 bits per heavy atom. The molecule has 0 aliphatic rings. The van der Waals surface area contributed by atoms with Gasteiger partial charge in [-0.2, -0.15) is 0 Å². The summed E-state index contributed by atoms with van der Waals surface area (Å²) in [6, 6.07) is 14.3. The van der Waals surface area contributed by atoms with Crippen LogP contribution in [0, 0.1) is 0 Å². The lowest BCUT2D eigenvalue weighted by Crippen LogP contribution is -2.18. The number of carbonyl (C=O) groups excluding carboxylic acids is 1. The van der Waals surface area contributed by atoms with Gasteiger partial charge < -0.3 is 14.7 Å². The van der Waals surface area contributed by atoms with Crippen LogP contribution >= 0.6 is 0 Å². The third kappa shape index (κ3) is 3.09. The van der Waals surface area contributed by atoms with Crippen molar-refractivity contribution in [3.8, 4) is 5.75 Å². The molecular weight excluding hydrogens is 254 g/mol. The maximum Gasteiger partial charge on any atom is 0.338 e. The van der Waals surface area contributed by atoms with Crippen LogP contribution in [-0.2, 0) is 11.3 Å². The number of hydrogen-bond acceptors (Lipinski definition) is 4. The van der Waals surface area contributed by atoms with Gasteiger partial charge in [-0.05, 0) is 35.9 Å². The van der Waals surface area contributed by atoms with Gasteiger partial charge in [-0.3, -0.25) is 0 Å². The normalized spacial score (nSPS) is 10.1. The van der Waals surface area contributed by atoms with E-state index in [-0.39, 0.29) is 11.7 Å². The molecule has 0 bridgehead atoms. The summed E-state index contributed by atoms with van der Waals surface area (Å²) >= 11 is 0. The average Bonchev–Trinajstić information content (AvgIpc) is 2.47. The number of aromatic hydroxyl groups is 1. The number of esters is 1. The van der Waals surface area contributed by atoms with Gasteiger partial charge in [0.1, 0.15) is 5.75 Å². The average molecular weight is 271 g/mol. The van der Waals surface area contributed by atoms with E-state index < -0.39 is 0 Å². The third-order valence-corrected chi connectivity index (χ3v) is 3.12. The molecule has 0 spiro atoms. The number of phenolic OH excluding ortho intramolecular Hbond substituents is 1. The SMILES string of the molecule is COC(=O)c1ccccc1CN(C)c1ccc(O)cc1. The Morgan fingerprint density at radius 3 is 2.45 bits per heavy atom. The molecule has 2 rings (SSSR count). The van der Waals surface area contributed by atoms with Gasteiger partial charge in [-0.15, -0.1) is 0 Å². The van der Waals surface area contributed by atoms with E-state index in [0.717, 1.165) is 11.3 Å². The lowest BCUT2D eigenvalue weighted by Gasteiger charge is -2.20. The highest BCUT2D eigenvalue weighted by molar-refractivity contribution is 5.91. The van der Waals surface area contributed by atoms with Gasteiger partial charge in [-0.25, -0.2) is 4.79 Å². The van der Waals surface area contributed by atoms with E-state index in [1.807, 2.05) is 42.3 Å². The minimum Gasteiger partial charge on any atom is -0.508 e. The smallest absolute Gasteiger partial charge is 0.338 e. The van der Waals surface area contributed by atoms with Crippen LogP contribution in [0.5, 0.6) is 5.75 Å². The summed E-state index contributed by atoms with van der Waals surface area (Å²) in [6.45, 7) is 0.579. The summed E-state index contributed by atoms with van der Waals surface area (Å²) < 4.78 is 4.79. The van der Waals surface area contributed by atoms with Crippen LogP contribution in [-0.4, -0.2) is 25.2 Å². The zero-order valence-corrected chi connectivity index (χ0v) is 11.5. The van der Waals surface area contributed by atoms with E-state index in [4.69, 9.17) is 4.74 Å². The predicted octanol–water partition coefficient (Wildman–Crippen LogP) is 2.82. The van der Waals surface area contributed by atoms with E-state index in [1.165, 1.54) is 7.11 Å². The molecule has 0 saturated carbocycles. The molecular formula is C16H17NO3. The molecule has 0 atom stereocenters. The Hall–Kier alpha value is -2.49. The molecule has 2 aromatic rings. The predicted molar refractivity (Wildman–Crippen MR) is 78.0 cm³/mol. The molecule has 0 aliphatic carbocycles. The van der Waals surface area contributed by atoms with Crippen molar-refractivity contribution in [3.63, 3.8) is 0 Å². The van der Waals surface area contributed by atoms with Crippen molar-refractivity contribution in [3.05, 3.63) is 59.7 Å². The van der Waals surface area contributed by atoms with Crippen LogP contribution in [0.4, 0.5) is 5.69 Å². The van der Waals surface area contributed by atoms with Crippen LogP contribution in [0.3, 0.4) is 0 Å². The van der Waals surface area contributed by atoms with Gasteiger partial charge in [-0.1, -0.05) is 18.2 Å². The molecule has 4 heteroatoms. The van der Waals surface area contributed by atoms with Crippen LogP contribution in [0.25, 0.3) is 0 Å². The Kier molecular flexibility index (Phi) is 4.25. The first-order valence-electron chi connectivity index (χ1n) is 6.28. The molecule has 104 valence electrons. The second-order valence-corrected chi connectivity index (χ2v) is 4.52. The van der Waals surface area contributed by atoms with E-state index in [2.05, 4.69) is 0 Å². The van der Waals surface area contributed by atoms with Gasteiger partial charge in [0.2, 0.25) is 0 Å². The Balaban J connectivity index is 2.21. The monoisotopic (exact) mass is 271 g/mol. The Bertz CT molecular complexity index is 593. The van der Waals surface area contributed by atoms with Crippen molar-refractivity contribution < 1.29 is 14.6 Å². The molecule has 0 heterocycles. The molecule has 0 fully saturated rings. The van der Waals surface area contributed by atoms with Crippen molar-refractivity contribution in [2.75, 3.05) is 19.1 Å². The van der Waals surface area contributed by atoms with Crippen molar-refractivity contribution in [2.24, 2.45) is 0 Å². The van der Waals surface area contributed by atoms with E-state index >= 15 is 0 Å². The second-order valence-electron chi connectivity index (χ2n) is 4.52. The Labute approximate surface area is 118 Å². The fourth-order valence-corrected chi connectivity index (χ4v) is 2.02. The number of hydrogen-bond donors (Lipinski definition) is 1. The van der Waals surface area contributed by atoms with Gasteiger partial charge >= 0.3 is 5.97 Å². The summed E-state index contributed by atoms with van der Waals surface area (Å²) in [4.78, 5) is 13.7. The van der Waals surface area contributed by atoms with Gasteiger partial charge in [0.15, 0.2) is 0 Å². The van der Waals surface area contributed by atoms with Gasteiger partial charge in [0, 0.05) is 19.3 Å². The van der Waals surface area contributed by atoms with E-state index in [9.17, 15) is 9.90 Å². The third-order valence-electron chi connectivity index (χ3n) is 3.12. The molecule has 4 nitrogen and oxygen atoms in total. The number of phenols is 1. The topological polar surface area (TPSA) is 49.8 Å². The molecule has 20 heavy (non-hydrogen) atoms. The summed E-state index contributed by atoms with van der Waals surface area (Å²) in [5.74, 6) is -0.100. The summed E-state index contributed by atoms with van der Waals surface area (Å²) in [5.41, 5.74) is 2.43. The first-order chi connectivity index (χ1) is 9.61. The molecule has 0 saturated heterocycles. The molecule has 1 N–H and O–H groups in total. The largest absolute Gasteiger partial charge is 0.508 e. The molecule has 0 radical (unpaired) electrons. The number of nitrogens with zero attached hydrogens (tertiary/aromatic N) is 1. The second kappa shape index (κ2) is 6.10. The fourth-order valence-electron chi connectivity index (χ4n) is 2.02. The zero-order valence-electron chi connectivity index (χ0n) is 11.5. The number of carbonyl (C=O) groups is 1. The number of methoxy groups -OCH3 is 1. The summed E-state index contributed by atoms with van der Waals surface area (Å²) in [6.07, 6.45) is 0. The number of rotatable bonds is 4. The summed E-state index contributed by atoms with van der Waals surface area (Å²) in [7, 11) is 3.31. The van der Waals surface area contributed by atoms with Crippen molar-refractivity contribution >= 4 is 11.7 Å². The molecule has 0 aliphatic heterocycles. The lowest BCUT2D eigenvalue weighted by molar-refractivity contribution is 0.0599. The summed E-state index contributed by atoms with van der Waals surface area (Å²) in [5, 5.41) is 9.30. The maximum atomic E-state index is 11.7. The fraction of sp³-hybridized carbons (Fsp3) is 0.188. The van der Waals surface area contributed by atoms with Crippen LogP contribution < -0.4 is 4.90 Å². The van der Waals surface area contributed by atoms with E-state index in [1.54, 1.807) is 18.2 Å². The molecule has 0 amide bonds. The minimum atomic E-state index is -0.334. The lowest BCUT2D eigenvalue weighted by atomic mass is 10.1. The van der Waals surface area contributed by atoms with Gasteiger partial charge in [0.25, 0.3) is 0 Å². The zero-order chi connectivity index (χ0) is 14.5. The molecule has 0 aromatic heterocycles. The van der Waals surface area contributed by atoms with Crippen molar-refractivity contribution in [2.45, 2.75) is 6.54 Å². The molecule has 0 unspecified atom stereocenters. The highest BCUT2D eigenvalue weighted by Gasteiger charge is 2.12. The van der Waals surface area contributed by atoms with Crippen molar-refractivity contribution in [1.29, 1.82) is 0 Å². The Morgan fingerprint density at radius 1 is 1.15 bits per heavy atom. The number of anilines is 1. The number of benzene rings is 2. The minimum absolute atomic E-state index is 0.233. The van der Waals surface area contributed by atoms with Crippen LogP contribution in [0.15, 0.2) is 48.5 Å². The van der Waals surface area contributed by atoms with E-state index in [0.29, 0.717) is 12.1 Å².